The number of allylic oxidation sites excluding steroid dienone is 1. The molecule has 180 valence electrons. The van der Waals surface area contributed by atoms with Crippen molar-refractivity contribution >= 4 is 12.6 Å². The first-order valence-corrected chi connectivity index (χ1v) is 13.2. The summed E-state index contributed by atoms with van der Waals surface area (Å²) in [5.41, 5.74) is 10.1. The maximum atomic E-state index is 10.1. The van der Waals surface area contributed by atoms with Crippen LogP contribution >= 0.6 is 12.6 Å². The van der Waals surface area contributed by atoms with Gasteiger partial charge in [0.1, 0.15) is 0 Å². The van der Waals surface area contributed by atoms with Crippen LogP contribution in [0, 0.1) is 29.1 Å². The van der Waals surface area contributed by atoms with Crippen molar-refractivity contribution in [3.8, 4) is 0 Å². The molecular formula is C25H42N4O2S. The first kappa shape index (κ1) is 24.4. The largest absolute Gasteiger partial charge is 0.390 e. The second kappa shape index (κ2) is 9.14. The summed E-state index contributed by atoms with van der Waals surface area (Å²) in [6.07, 6.45) is 13.8. The monoisotopic (exact) mass is 462 g/mol. The molecule has 0 bridgehead atoms. The summed E-state index contributed by atoms with van der Waals surface area (Å²) >= 11 is 5.10. The van der Waals surface area contributed by atoms with Crippen molar-refractivity contribution in [3.05, 3.63) is 22.1 Å². The molecule has 3 fully saturated rings. The molecular weight excluding hydrogens is 420 g/mol. The van der Waals surface area contributed by atoms with E-state index < -0.39 is 5.60 Å². The molecule has 4 rings (SSSR count). The minimum atomic E-state index is -0.594. The summed E-state index contributed by atoms with van der Waals surface area (Å²) in [5, 5.41) is 15.0. The molecule has 0 amide bonds. The molecule has 4 aliphatic carbocycles. The molecule has 3 saturated carbocycles. The average Bonchev–Trinajstić information content (AvgIpc) is 3.09. The van der Waals surface area contributed by atoms with Gasteiger partial charge in [0.15, 0.2) is 0 Å². The highest BCUT2D eigenvalue weighted by Crippen LogP contribution is 2.66. The molecule has 0 aliphatic heterocycles. The Morgan fingerprint density at radius 1 is 1.31 bits per heavy atom. The van der Waals surface area contributed by atoms with E-state index in [-0.39, 0.29) is 11.6 Å². The smallest absolute Gasteiger partial charge is 0.0824 e. The van der Waals surface area contributed by atoms with Gasteiger partial charge in [-0.05, 0) is 119 Å². The highest BCUT2D eigenvalue weighted by Gasteiger charge is 2.60. The number of hydrogen-bond acceptors (Lipinski definition) is 5. The molecule has 4 aliphatic rings. The number of thiol groups is 1. The molecule has 6 nitrogen and oxygen atoms in total. The number of fused-ring (bicyclic) bond motifs is 5. The van der Waals surface area contributed by atoms with Crippen LogP contribution in [0.3, 0.4) is 0 Å². The van der Waals surface area contributed by atoms with Crippen LogP contribution in [0.4, 0.5) is 0 Å². The highest BCUT2D eigenvalue weighted by atomic mass is 32.1. The molecule has 0 heterocycles. The SMILES string of the molecule is CC(C)(O)CCCC(S)C1CCC2C3CC=C4CC(ON)CCC4(N=[N+]=[N-])C3CCC12C. The molecule has 0 aromatic heterocycles. The van der Waals surface area contributed by atoms with Crippen molar-refractivity contribution in [3.63, 3.8) is 0 Å². The Bertz CT molecular complexity index is 776. The lowest BCUT2D eigenvalue weighted by molar-refractivity contribution is -0.0363. The van der Waals surface area contributed by atoms with Crippen LogP contribution in [-0.4, -0.2) is 27.6 Å². The van der Waals surface area contributed by atoms with Gasteiger partial charge in [-0.2, -0.15) is 12.6 Å². The van der Waals surface area contributed by atoms with Crippen LogP contribution in [0.1, 0.15) is 91.4 Å². The standard InChI is InChI=1S/C25H42N4O2S/c1-23(2,30)12-4-5-22(32)21-9-8-19-18-7-6-16-15-17(31-27)10-14-25(16,28-29-26)20(18)11-13-24(19,21)3/h6,17-22,30,32H,4-5,7-15,27H2,1-3H3. The predicted molar refractivity (Wildman–Crippen MR) is 131 cm³/mol. The fraction of sp³-hybridized carbons (Fsp3) is 0.920. The van der Waals surface area contributed by atoms with E-state index in [0.29, 0.717) is 34.3 Å². The summed E-state index contributed by atoms with van der Waals surface area (Å²) in [4.78, 5) is 8.53. The van der Waals surface area contributed by atoms with E-state index in [1.165, 1.54) is 24.8 Å². The van der Waals surface area contributed by atoms with Crippen LogP contribution in [0.5, 0.6) is 0 Å². The first-order chi connectivity index (χ1) is 15.1. The minimum absolute atomic E-state index is 0.0402. The van der Waals surface area contributed by atoms with Gasteiger partial charge in [-0.15, -0.1) is 0 Å². The van der Waals surface area contributed by atoms with E-state index in [4.69, 9.17) is 23.4 Å². The van der Waals surface area contributed by atoms with Gasteiger partial charge in [-0.25, -0.2) is 5.90 Å². The number of hydrogen-bond donors (Lipinski definition) is 3. The topological polar surface area (TPSA) is 104 Å². The van der Waals surface area contributed by atoms with Crippen molar-refractivity contribution in [2.24, 2.45) is 40.1 Å². The number of rotatable bonds is 7. The zero-order valence-corrected chi connectivity index (χ0v) is 20.9. The van der Waals surface area contributed by atoms with Crippen LogP contribution < -0.4 is 5.90 Å². The number of nitrogens with zero attached hydrogens (tertiary/aromatic N) is 3. The first-order valence-electron chi connectivity index (χ1n) is 12.7. The summed E-state index contributed by atoms with van der Waals surface area (Å²) < 4.78 is 0. The van der Waals surface area contributed by atoms with Crippen LogP contribution in [0.2, 0.25) is 0 Å². The van der Waals surface area contributed by atoms with E-state index in [0.717, 1.165) is 51.4 Å². The molecule has 8 atom stereocenters. The van der Waals surface area contributed by atoms with E-state index in [2.05, 4.69) is 23.0 Å². The number of aliphatic hydroxyl groups is 1. The zero-order chi connectivity index (χ0) is 23.1. The lowest BCUT2D eigenvalue weighted by Gasteiger charge is -2.57. The Hall–Kier alpha value is -0.720. The third-order valence-electron chi connectivity index (χ3n) is 9.78. The lowest BCUT2D eigenvalue weighted by Crippen LogP contribution is -2.54. The average molecular weight is 463 g/mol. The predicted octanol–water partition coefficient (Wildman–Crippen LogP) is 6.11. The third kappa shape index (κ3) is 4.24. The zero-order valence-electron chi connectivity index (χ0n) is 20.0. The fourth-order valence-electron chi connectivity index (χ4n) is 8.24. The maximum absolute atomic E-state index is 10.1. The lowest BCUT2D eigenvalue weighted by atomic mass is 9.49. The minimum Gasteiger partial charge on any atom is -0.390 e. The van der Waals surface area contributed by atoms with Gasteiger partial charge in [-0.1, -0.05) is 23.7 Å². The van der Waals surface area contributed by atoms with Crippen LogP contribution in [-0.2, 0) is 4.84 Å². The molecule has 7 heteroatoms. The van der Waals surface area contributed by atoms with Gasteiger partial charge in [0.05, 0.1) is 17.2 Å². The van der Waals surface area contributed by atoms with E-state index in [9.17, 15) is 10.6 Å². The van der Waals surface area contributed by atoms with E-state index >= 15 is 0 Å². The summed E-state index contributed by atoms with van der Waals surface area (Å²) in [6.45, 7) is 6.31. The Morgan fingerprint density at radius 3 is 2.78 bits per heavy atom. The molecule has 32 heavy (non-hydrogen) atoms. The van der Waals surface area contributed by atoms with E-state index in [1.807, 2.05) is 13.8 Å². The second-order valence-electron chi connectivity index (χ2n) is 12.0. The Labute approximate surface area is 198 Å². The number of nitrogens with two attached hydrogens (primary N) is 1. The Kier molecular flexibility index (Phi) is 6.97. The number of azide groups is 1. The van der Waals surface area contributed by atoms with Gasteiger partial charge in [0, 0.05) is 10.2 Å². The molecule has 0 spiro atoms. The molecule has 0 saturated heterocycles. The van der Waals surface area contributed by atoms with Gasteiger partial charge < -0.3 is 9.94 Å². The molecule has 3 N–H and O–H groups in total. The Balaban J connectivity index is 1.53. The summed E-state index contributed by atoms with van der Waals surface area (Å²) in [7, 11) is 0. The normalized spacial score (nSPS) is 42.2. The molecule has 0 aromatic carbocycles. The van der Waals surface area contributed by atoms with Gasteiger partial charge in [0.2, 0.25) is 0 Å². The van der Waals surface area contributed by atoms with Crippen molar-refractivity contribution in [1.29, 1.82) is 0 Å². The van der Waals surface area contributed by atoms with Crippen molar-refractivity contribution in [2.75, 3.05) is 0 Å². The van der Waals surface area contributed by atoms with Gasteiger partial charge in [0.25, 0.3) is 0 Å². The van der Waals surface area contributed by atoms with Crippen LogP contribution in [0.15, 0.2) is 16.8 Å². The maximum Gasteiger partial charge on any atom is 0.0824 e. The summed E-state index contributed by atoms with van der Waals surface area (Å²) in [6, 6.07) is 0. The van der Waals surface area contributed by atoms with Crippen molar-refractivity contribution in [1.82, 2.24) is 0 Å². The molecule has 0 radical (unpaired) electrons. The van der Waals surface area contributed by atoms with E-state index in [1.54, 1.807) is 0 Å². The Morgan fingerprint density at radius 2 is 2.09 bits per heavy atom. The second-order valence-corrected chi connectivity index (χ2v) is 12.6. The molecule has 0 aromatic rings. The van der Waals surface area contributed by atoms with Crippen LogP contribution in [0.25, 0.3) is 10.4 Å². The van der Waals surface area contributed by atoms with Crippen molar-refractivity contribution < 1.29 is 9.94 Å². The van der Waals surface area contributed by atoms with Gasteiger partial charge in [-0.3, -0.25) is 0 Å². The summed E-state index contributed by atoms with van der Waals surface area (Å²) in [5.74, 6) is 7.82. The highest BCUT2D eigenvalue weighted by molar-refractivity contribution is 7.81. The fourth-order valence-corrected chi connectivity index (χ4v) is 8.91. The molecule has 8 unspecified atom stereocenters. The third-order valence-corrected chi connectivity index (χ3v) is 10.4. The van der Waals surface area contributed by atoms with Crippen molar-refractivity contribution in [2.45, 2.75) is 114 Å². The van der Waals surface area contributed by atoms with Gasteiger partial charge >= 0.3 is 0 Å². The quantitative estimate of drug-likeness (QED) is 0.106.